The average Bonchev–Trinajstić information content (AvgIpc) is 2.47. The molecule has 1 saturated heterocycles. The summed E-state index contributed by atoms with van der Waals surface area (Å²) in [5.74, 6) is 0. The summed E-state index contributed by atoms with van der Waals surface area (Å²) in [6.45, 7) is -0.301. The number of β-amino-alcohol motifs (C(OH)–C–C–N with tert-alkyl or cyclic N) is 1. The zero-order valence-electron chi connectivity index (χ0n) is 10.7. The van der Waals surface area contributed by atoms with Crippen LogP contribution in [0, 0.1) is 0 Å². The fourth-order valence-electron chi connectivity index (χ4n) is 1.99. The molecule has 110 valence electrons. The molecule has 0 aromatic heterocycles. The van der Waals surface area contributed by atoms with E-state index in [2.05, 4.69) is 0 Å². The van der Waals surface area contributed by atoms with Crippen LogP contribution >= 0.6 is 0 Å². The Morgan fingerprint density at radius 1 is 1.15 bits per heavy atom. The van der Waals surface area contributed by atoms with Crippen molar-refractivity contribution in [1.29, 1.82) is 0 Å². The molecule has 2 rings (SSSR count). The van der Waals surface area contributed by atoms with E-state index in [1.54, 1.807) is 24.3 Å². The van der Waals surface area contributed by atoms with Crippen LogP contribution in [0.4, 0.5) is 4.79 Å². The number of likely N-dealkylation sites (tertiary alicyclic amines) is 1. The van der Waals surface area contributed by atoms with Gasteiger partial charge in [-0.3, -0.25) is 4.90 Å². The monoisotopic (exact) mass is 283 g/mol. The number of benzene rings is 1. The fraction of sp³-hybridized carbons (Fsp3) is 0.462. The van der Waals surface area contributed by atoms with Crippen molar-refractivity contribution in [3.8, 4) is 0 Å². The van der Waals surface area contributed by atoms with Gasteiger partial charge >= 0.3 is 6.09 Å². The Bertz CT molecular complexity index is 453. The molecule has 1 aliphatic rings. The maximum absolute atomic E-state index is 11.8. The Morgan fingerprint density at radius 3 is 2.45 bits per heavy atom. The lowest BCUT2D eigenvalue weighted by Gasteiger charge is -2.40. The van der Waals surface area contributed by atoms with Gasteiger partial charge < -0.3 is 25.2 Å². The van der Waals surface area contributed by atoms with Gasteiger partial charge in [0.1, 0.15) is 24.9 Å². The number of aliphatic hydroxyl groups excluding tert-OH is 4. The number of hydrogen-bond acceptors (Lipinski definition) is 6. The van der Waals surface area contributed by atoms with Gasteiger partial charge in [-0.05, 0) is 5.56 Å². The third-order valence-electron chi connectivity index (χ3n) is 3.19. The zero-order valence-corrected chi connectivity index (χ0v) is 10.7. The number of hydrogen-bond donors (Lipinski definition) is 4. The first kappa shape index (κ1) is 14.7. The van der Waals surface area contributed by atoms with Crippen LogP contribution in [0.1, 0.15) is 5.56 Å². The lowest BCUT2D eigenvalue weighted by Crippen LogP contribution is -2.62. The van der Waals surface area contributed by atoms with E-state index < -0.39 is 30.6 Å². The van der Waals surface area contributed by atoms with Gasteiger partial charge in [0.15, 0.2) is 6.23 Å². The third-order valence-corrected chi connectivity index (χ3v) is 3.19. The van der Waals surface area contributed by atoms with Gasteiger partial charge in [-0.15, -0.1) is 0 Å². The molecule has 1 heterocycles. The van der Waals surface area contributed by atoms with Gasteiger partial charge in [-0.1, -0.05) is 30.3 Å². The normalized spacial score (nSPS) is 30.1. The van der Waals surface area contributed by atoms with Crippen molar-refractivity contribution in [1.82, 2.24) is 4.90 Å². The summed E-state index contributed by atoms with van der Waals surface area (Å²) >= 11 is 0. The molecule has 1 unspecified atom stereocenters. The molecular weight excluding hydrogens is 266 g/mol. The molecule has 0 saturated carbocycles. The SMILES string of the molecule is O=C(OCc1ccccc1)N1C[C@H](O)[C@H](O)[C@@H](O)C1O. The highest BCUT2D eigenvalue weighted by Gasteiger charge is 2.43. The van der Waals surface area contributed by atoms with E-state index >= 15 is 0 Å². The van der Waals surface area contributed by atoms with E-state index in [0.717, 1.165) is 10.5 Å². The summed E-state index contributed by atoms with van der Waals surface area (Å²) in [5, 5.41) is 38.1. The highest BCUT2D eigenvalue weighted by Crippen LogP contribution is 2.18. The molecule has 0 bridgehead atoms. The Labute approximate surface area is 115 Å². The molecule has 0 radical (unpaired) electrons. The molecule has 4 atom stereocenters. The number of nitrogens with zero attached hydrogens (tertiary/aromatic N) is 1. The Morgan fingerprint density at radius 2 is 1.80 bits per heavy atom. The minimum Gasteiger partial charge on any atom is -0.444 e. The van der Waals surface area contributed by atoms with Crippen molar-refractivity contribution >= 4 is 6.09 Å². The van der Waals surface area contributed by atoms with E-state index in [4.69, 9.17) is 4.74 Å². The van der Waals surface area contributed by atoms with Gasteiger partial charge in [0.05, 0.1) is 6.54 Å². The quantitative estimate of drug-likeness (QED) is 0.556. The summed E-state index contributed by atoms with van der Waals surface area (Å²) in [6, 6.07) is 8.96. The number of carbonyl (C=O) groups is 1. The van der Waals surface area contributed by atoms with Crippen LogP contribution in [0.2, 0.25) is 0 Å². The predicted molar refractivity (Wildman–Crippen MR) is 67.4 cm³/mol. The topological polar surface area (TPSA) is 110 Å². The first-order chi connectivity index (χ1) is 9.50. The van der Waals surface area contributed by atoms with E-state index in [1.807, 2.05) is 6.07 Å². The minimum atomic E-state index is -1.64. The van der Waals surface area contributed by atoms with Crippen molar-refractivity contribution < 1.29 is 30.0 Å². The Kier molecular flexibility index (Phi) is 4.56. The highest BCUT2D eigenvalue weighted by atomic mass is 16.6. The summed E-state index contributed by atoms with van der Waals surface area (Å²) < 4.78 is 4.99. The molecule has 0 spiro atoms. The molecular formula is C13H17NO6. The Hall–Kier alpha value is -1.67. The van der Waals surface area contributed by atoms with Gasteiger partial charge in [-0.2, -0.15) is 0 Å². The summed E-state index contributed by atoms with van der Waals surface area (Å²) in [7, 11) is 0. The zero-order chi connectivity index (χ0) is 14.7. The molecule has 0 aliphatic carbocycles. The van der Waals surface area contributed by atoms with E-state index in [0.29, 0.717) is 0 Å². The van der Waals surface area contributed by atoms with Crippen molar-refractivity contribution in [3.05, 3.63) is 35.9 Å². The number of ether oxygens (including phenoxy) is 1. The molecule has 1 amide bonds. The Balaban J connectivity index is 1.95. The van der Waals surface area contributed by atoms with Gasteiger partial charge in [0.25, 0.3) is 0 Å². The molecule has 20 heavy (non-hydrogen) atoms. The first-order valence-electron chi connectivity index (χ1n) is 6.20. The van der Waals surface area contributed by atoms with Crippen LogP contribution in [0.15, 0.2) is 30.3 Å². The van der Waals surface area contributed by atoms with Gasteiger partial charge in [0.2, 0.25) is 0 Å². The number of rotatable bonds is 2. The summed E-state index contributed by atoms with van der Waals surface area (Å²) in [4.78, 5) is 12.6. The standard InChI is InChI=1S/C13H17NO6/c15-9-6-14(12(18)11(17)10(9)16)13(19)20-7-8-4-2-1-3-5-8/h1-5,9-12,15-18H,6-7H2/t9-,10-,11+,12?/m0/s1. The van der Waals surface area contributed by atoms with Crippen molar-refractivity contribution in [2.24, 2.45) is 0 Å². The van der Waals surface area contributed by atoms with Crippen LogP contribution in [0.3, 0.4) is 0 Å². The number of carbonyl (C=O) groups excluding carboxylic acids is 1. The number of piperidine rings is 1. The largest absolute Gasteiger partial charge is 0.444 e. The number of amides is 1. The van der Waals surface area contributed by atoms with Crippen LogP contribution < -0.4 is 0 Å². The first-order valence-corrected chi connectivity index (χ1v) is 6.20. The van der Waals surface area contributed by atoms with Crippen LogP contribution in [-0.2, 0) is 11.3 Å². The highest BCUT2D eigenvalue weighted by molar-refractivity contribution is 5.68. The van der Waals surface area contributed by atoms with E-state index in [9.17, 15) is 25.2 Å². The second-order valence-corrected chi connectivity index (χ2v) is 4.65. The van der Waals surface area contributed by atoms with E-state index in [1.165, 1.54) is 0 Å². The molecule has 1 aliphatic heterocycles. The van der Waals surface area contributed by atoms with Crippen LogP contribution in [-0.4, -0.2) is 62.5 Å². The van der Waals surface area contributed by atoms with Gasteiger partial charge in [-0.25, -0.2) is 4.79 Å². The molecule has 7 heteroatoms. The smallest absolute Gasteiger partial charge is 0.412 e. The van der Waals surface area contributed by atoms with E-state index in [-0.39, 0.29) is 13.2 Å². The molecule has 1 aromatic rings. The lowest BCUT2D eigenvalue weighted by molar-refractivity contribution is -0.185. The summed E-state index contributed by atoms with van der Waals surface area (Å²) in [5.41, 5.74) is 0.772. The molecule has 1 aromatic carbocycles. The second kappa shape index (κ2) is 6.19. The minimum absolute atomic E-state index is 0.0115. The average molecular weight is 283 g/mol. The third kappa shape index (κ3) is 3.07. The van der Waals surface area contributed by atoms with Crippen LogP contribution in [0.5, 0.6) is 0 Å². The summed E-state index contributed by atoms with van der Waals surface area (Å²) in [6.07, 6.45) is -6.95. The van der Waals surface area contributed by atoms with Gasteiger partial charge in [0, 0.05) is 0 Å². The predicted octanol–water partition coefficient (Wildman–Crippen LogP) is -0.960. The number of aliphatic hydroxyl groups is 4. The van der Waals surface area contributed by atoms with Crippen LogP contribution in [0.25, 0.3) is 0 Å². The van der Waals surface area contributed by atoms with Crippen molar-refractivity contribution in [2.45, 2.75) is 31.1 Å². The second-order valence-electron chi connectivity index (χ2n) is 4.65. The maximum atomic E-state index is 11.8. The maximum Gasteiger partial charge on any atom is 0.412 e. The lowest BCUT2D eigenvalue weighted by atomic mass is 10.0. The molecule has 4 N–H and O–H groups in total. The van der Waals surface area contributed by atoms with Crippen molar-refractivity contribution in [3.63, 3.8) is 0 Å². The molecule has 7 nitrogen and oxygen atoms in total. The van der Waals surface area contributed by atoms with Crippen molar-refractivity contribution in [2.75, 3.05) is 6.54 Å². The molecule has 1 fully saturated rings. The fourth-order valence-corrected chi connectivity index (χ4v) is 1.99.